The molecule has 2 aromatic carbocycles. The molecule has 0 fully saturated rings. The van der Waals surface area contributed by atoms with Gasteiger partial charge in [0.05, 0.1) is 25.6 Å². The van der Waals surface area contributed by atoms with Gasteiger partial charge in [0.15, 0.2) is 6.54 Å². The first-order chi connectivity index (χ1) is 11.9. The van der Waals surface area contributed by atoms with Gasteiger partial charge in [-0.05, 0) is 23.8 Å². The summed E-state index contributed by atoms with van der Waals surface area (Å²) in [5.41, 5.74) is 1.07. The van der Waals surface area contributed by atoms with Crippen molar-refractivity contribution in [1.29, 1.82) is 0 Å². The SMILES string of the molecule is C[N+](C)(C/C=C/c1ccccc1)CC(=O)Oc1ccc([N+](=O)[O-])cc1. The van der Waals surface area contributed by atoms with E-state index in [1.165, 1.54) is 24.3 Å². The number of esters is 1. The Hall–Kier alpha value is -2.99. The molecule has 0 saturated carbocycles. The maximum absolute atomic E-state index is 12.1. The third-order valence-electron chi connectivity index (χ3n) is 3.55. The predicted octanol–water partition coefficient (Wildman–Crippen LogP) is 3.29. The monoisotopic (exact) mass is 341 g/mol. The van der Waals surface area contributed by atoms with Crippen molar-refractivity contribution >= 4 is 17.7 Å². The Labute approximate surface area is 146 Å². The summed E-state index contributed by atoms with van der Waals surface area (Å²) >= 11 is 0. The van der Waals surface area contributed by atoms with E-state index in [-0.39, 0.29) is 18.2 Å². The molecule has 0 radical (unpaired) electrons. The fraction of sp³-hybridized carbons (Fsp3) is 0.211. The highest BCUT2D eigenvalue weighted by molar-refractivity contribution is 5.73. The van der Waals surface area contributed by atoms with Crippen LogP contribution in [0.4, 0.5) is 5.69 Å². The first-order valence-corrected chi connectivity index (χ1v) is 7.84. The van der Waals surface area contributed by atoms with Gasteiger partial charge in [0.1, 0.15) is 5.75 Å². The van der Waals surface area contributed by atoms with E-state index in [1.807, 2.05) is 56.6 Å². The van der Waals surface area contributed by atoms with Crippen LogP contribution in [-0.4, -0.2) is 42.6 Å². The fourth-order valence-corrected chi connectivity index (χ4v) is 2.25. The maximum atomic E-state index is 12.1. The molecule has 0 aliphatic heterocycles. The number of quaternary nitrogens is 1. The van der Waals surface area contributed by atoms with Crippen LogP contribution in [0.25, 0.3) is 6.08 Å². The number of nitro groups is 1. The largest absolute Gasteiger partial charge is 0.422 e. The van der Waals surface area contributed by atoms with E-state index in [0.717, 1.165) is 5.56 Å². The van der Waals surface area contributed by atoms with Gasteiger partial charge in [-0.2, -0.15) is 0 Å². The highest BCUT2D eigenvalue weighted by atomic mass is 16.6. The van der Waals surface area contributed by atoms with Crippen LogP contribution in [0.5, 0.6) is 5.75 Å². The molecule has 0 aliphatic rings. The lowest BCUT2D eigenvalue weighted by molar-refractivity contribution is -0.876. The third kappa shape index (κ3) is 6.19. The van der Waals surface area contributed by atoms with Gasteiger partial charge >= 0.3 is 5.97 Å². The minimum absolute atomic E-state index is 0.0399. The Morgan fingerprint density at radius 1 is 1.12 bits per heavy atom. The molecule has 0 heterocycles. The van der Waals surface area contributed by atoms with Crippen molar-refractivity contribution in [2.45, 2.75) is 0 Å². The smallest absolute Gasteiger partial charge is 0.367 e. The van der Waals surface area contributed by atoms with Crippen molar-refractivity contribution in [1.82, 2.24) is 0 Å². The zero-order valence-corrected chi connectivity index (χ0v) is 14.3. The number of carbonyl (C=O) groups is 1. The molecule has 6 heteroatoms. The molecule has 0 aromatic heterocycles. The number of likely N-dealkylation sites (N-methyl/N-ethyl adjacent to an activating group) is 1. The summed E-state index contributed by atoms with van der Waals surface area (Å²) in [5.74, 6) is -0.0811. The van der Waals surface area contributed by atoms with Gasteiger partial charge in [-0.3, -0.25) is 10.1 Å². The van der Waals surface area contributed by atoms with Gasteiger partial charge < -0.3 is 9.22 Å². The van der Waals surface area contributed by atoms with Crippen LogP contribution < -0.4 is 4.74 Å². The van der Waals surface area contributed by atoms with Gasteiger partial charge in [0, 0.05) is 12.1 Å². The average molecular weight is 341 g/mol. The second-order valence-corrected chi connectivity index (χ2v) is 6.31. The molecular formula is C19H21N2O4+. The Bertz CT molecular complexity index is 753. The summed E-state index contributed by atoms with van der Waals surface area (Å²) in [6.07, 6.45) is 4.04. The molecule has 0 spiro atoms. The average Bonchev–Trinajstić information content (AvgIpc) is 2.55. The Kier molecular flexibility index (Phi) is 6.03. The summed E-state index contributed by atoms with van der Waals surface area (Å²) in [4.78, 5) is 22.2. The van der Waals surface area contributed by atoms with Crippen LogP contribution in [-0.2, 0) is 4.79 Å². The fourth-order valence-electron chi connectivity index (χ4n) is 2.25. The number of carbonyl (C=O) groups excluding carboxylic acids is 1. The minimum Gasteiger partial charge on any atom is -0.422 e. The molecule has 6 nitrogen and oxygen atoms in total. The quantitative estimate of drug-likeness (QED) is 0.255. The number of ether oxygens (including phenoxy) is 1. The van der Waals surface area contributed by atoms with E-state index < -0.39 is 4.92 Å². The summed E-state index contributed by atoms with van der Waals surface area (Å²) in [5, 5.41) is 10.6. The van der Waals surface area contributed by atoms with E-state index in [9.17, 15) is 14.9 Å². The molecule has 0 amide bonds. The zero-order valence-electron chi connectivity index (χ0n) is 14.3. The number of hydrogen-bond donors (Lipinski definition) is 0. The lowest BCUT2D eigenvalue weighted by Gasteiger charge is -2.27. The molecule has 25 heavy (non-hydrogen) atoms. The highest BCUT2D eigenvalue weighted by Gasteiger charge is 2.20. The van der Waals surface area contributed by atoms with Crippen LogP contribution >= 0.6 is 0 Å². The molecule has 130 valence electrons. The van der Waals surface area contributed by atoms with Gasteiger partial charge in [0.25, 0.3) is 5.69 Å². The van der Waals surface area contributed by atoms with Crippen molar-refractivity contribution in [3.8, 4) is 5.75 Å². The van der Waals surface area contributed by atoms with Crippen molar-refractivity contribution in [3.63, 3.8) is 0 Å². The molecule has 0 saturated heterocycles. The Morgan fingerprint density at radius 2 is 1.76 bits per heavy atom. The number of non-ortho nitro benzene ring substituents is 1. The normalized spacial score (nSPS) is 11.4. The summed E-state index contributed by atoms with van der Waals surface area (Å²) in [6.45, 7) is 0.861. The van der Waals surface area contributed by atoms with Gasteiger partial charge in [0.2, 0.25) is 0 Å². The molecule has 0 N–H and O–H groups in total. The minimum atomic E-state index is -0.495. The van der Waals surface area contributed by atoms with Crippen LogP contribution in [0.15, 0.2) is 60.7 Å². The van der Waals surface area contributed by atoms with Crippen molar-refractivity contribution < 1.29 is 18.9 Å². The van der Waals surface area contributed by atoms with Crippen molar-refractivity contribution in [3.05, 3.63) is 76.4 Å². The predicted molar refractivity (Wildman–Crippen MR) is 96.0 cm³/mol. The molecule has 0 bridgehead atoms. The van der Waals surface area contributed by atoms with E-state index in [4.69, 9.17) is 4.74 Å². The summed E-state index contributed by atoms with van der Waals surface area (Å²) in [6, 6.07) is 15.4. The first kappa shape index (κ1) is 18.4. The molecule has 2 rings (SSSR count). The molecule has 0 unspecified atom stereocenters. The van der Waals surface area contributed by atoms with Gasteiger partial charge in [-0.15, -0.1) is 0 Å². The third-order valence-corrected chi connectivity index (χ3v) is 3.55. The number of rotatable bonds is 7. The Morgan fingerprint density at radius 3 is 2.36 bits per heavy atom. The lowest BCUT2D eigenvalue weighted by Crippen LogP contribution is -2.45. The molecule has 0 atom stereocenters. The number of benzene rings is 2. The molecule has 0 aliphatic carbocycles. The molecular weight excluding hydrogens is 320 g/mol. The van der Waals surface area contributed by atoms with E-state index in [1.54, 1.807) is 0 Å². The van der Waals surface area contributed by atoms with Crippen molar-refractivity contribution in [2.75, 3.05) is 27.2 Å². The van der Waals surface area contributed by atoms with Crippen LogP contribution in [0, 0.1) is 10.1 Å². The second-order valence-electron chi connectivity index (χ2n) is 6.31. The maximum Gasteiger partial charge on any atom is 0.367 e. The van der Waals surface area contributed by atoms with Crippen LogP contribution in [0.1, 0.15) is 5.56 Å². The highest BCUT2D eigenvalue weighted by Crippen LogP contribution is 2.17. The standard InChI is InChI=1S/C19H21N2O4/c1-21(2,14-6-9-16-7-4-3-5-8-16)15-19(22)25-18-12-10-17(11-13-18)20(23)24/h3-13H,14-15H2,1-2H3/q+1/b9-6+. The Balaban J connectivity index is 1.87. The van der Waals surface area contributed by atoms with Crippen molar-refractivity contribution in [2.24, 2.45) is 0 Å². The van der Waals surface area contributed by atoms with E-state index in [0.29, 0.717) is 16.8 Å². The van der Waals surface area contributed by atoms with Gasteiger partial charge in [-0.1, -0.05) is 36.4 Å². The summed E-state index contributed by atoms with van der Waals surface area (Å²) in [7, 11) is 3.87. The topological polar surface area (TPSA) is 69.4 Å². The van der Waals surface area contributed by atoms with E-state index >= 15 is 0 Å². The zero-order chi connectivity index (χ0) is 18.3. The van der Waals surface area contributed by atoms with Crippen LogP contribution in [0.3, 0.4) is 0 Å². The number of nitro benzene ring substituents is 1. The summed E-state index contributed by atoms with van der Waals surface area (Å²) < 4.78 is 5.69. The first-order valence-electron chi connectivity index (χ1n) is 7.84. The number of hydrogen-bond acceptors (Lipinski definition) is 4. The second kappa shape index (κ2) is 8.21. The molecule has 2 aromatic rings. The number of nitrogens with zero attached hydrogens (tertiary/aromatic N) is 2. The van der Waals surface area contributed by atoms with Gasteiger partial charge in [-0.25, -0.2) is 4.79 Å². The van der Waals surface area contributed by atoms with Crippen LogP contribution in [0.2, 0.25) is 0 Å². The lowest BCUT2D eigenvalue weighted by atomic mass is 10.2. The van der Waals surface area contributed by atoms with E-state index in [2.05, 4.69) is 0 Å².